The van der Waals surface area contributed by atoms with Gasteiger partial charge in [0.25, 0.3) is 0 Å². The van der Waals surface area contributed by atoms with Crippen LogP contribution in [0.5, 0.6) is 0 Å². The Balaban J connectivity index is 1.61. The number of fused-ring (bicyclic) bond motifs is 1. The number of carbonyl (C=O) groups is 1. The predicted octanol–water partition coefficient (Wildman–Crippen LogP) is 3.98. The topological polar surface area (TPSA) is 41.0 Å². The van der Waals surface area contributed by atoms with Gasteiger partial charge in [-0.25, -0.2) is 8.78 Å². The van der Waals surface area contributed by atoms with E-state index in [-0.39, 0.29) is 28.8 Å². The van der Waals surface area contributed by atoms with Crippen LogP contribution in [-0.2, 0) is 24.2 Å². The summed E-state index contributed by atoms with van der Waals surface area (Å²) in [5, 5.41) is -0.0902. The first-order chi connectivity index (χ1) is 12.5. The summed E-state index contributed by atoms with van der Waals surface area (Å²) >= 11 is 11.2. The summed E-state index contributed by atoms with van der Waals surface area (Å²) in [5.41, 5.74) is 1.59. The Hall–Kier alpha value is -1.73. The molecule has 3 heterocycles. The SMILES string of the molecule is O=C(Cc1[nH]c(=S)n2c1C[C@@H](c1c(F)ccc(Cl)c1F)C2)N1CCCC1. The van der Waals surface area contributed by atoms with Crippen LogP contribution in [0.4, 0.5) is 8.78 Å². The third-order valence-electron chi connectivity index (χ3n) is 5.29. The molecule has 0 radical (unpaired) electrons. The summed E-state index contributed by atoms with van der Waals surface area (Å²) in [6.45, 7) is 1.95. The zero-order chi connectivity index (χ0) is 18.4. The van der Waals surface area contributed by atoms with Gasteiger partial charge in [-0.2, -0.15) is 0 Å². The van der Waals surface area contributed by atoms with Crippen molar-refractivity contribution in [3.8, 4) is 0 Å². The van der Waals surface area contributed by atoms with Crippen LogP contribution in [0, 0.1) is 16.4 Å². The maximum absolute atomic E-state index is 14.4. The number of aromatic nitrogens is 2. The van der Waals surface area contributed by atoms with E-state index in [2.05, 4.69) is 4.98 Å². The number of imidazole rings is 1. The molecule has 4 rings (SSSR count). The van der Waals surface area contributed by atoms with Gasteiger partial charge in [0.1, 0.15) is 11.6 Å². The van der Waals surface area contributed by atoms with Crippen molar-refractivity contribution in [2.24, 2.45) is 0 Å². The number of aromatic amines is 1. The van der Waals surface area contributed by atoms with Crippen LogP contribution < -0.4 is 0 Å². The molecular formula is C18H18ClF2N3OS. The van der Waals surface area contributed by atoms with Crippen molar-refractivity contribution >= 4 is 29.7 Å². The number of carbonyl (C=O) groups excluding carboxylic acids is 1. The van der Waals surface area contributed by atoms with Crippen LogP contribution in [0.1, 0.15) is 35.7 Å². The second-order valence-electron chi connectivity index (χ2n) is 6.89. The fourth-order valence-electron chi connectivity index (χ4n) is 3.99. The lowest BCUT2D eigenvalue weighted by atomic mass is 9.95. The number of likely N-dealkylation sites (tertiary alicyclic amines) is 1. The highest BCUT2D eigenvalue weighted by atomic mass is 35.5. The highest BCUT2D eigenvalue weighted by Gasteiger charge is 2.32. The Kier molecular flexibility index (Phi) is 4.61. The minimum absolute atomic E-state index is 0.00702. The lowest BCUT2D eigenvalue weighted by Crippen LogP contribution is -2.29. The molecule has 4 nitrogen and oxygen atoms in total. The van der Waals surface area contributed by atoms with E-state index >= 15 is 0 Å². The van der Waals surface area contributed by atoms with Crippen LogP contribution in [0.3, 0.4) is 0 Å². The molecule has 1 fully saturated rings. The van der Waals surface area contributed by atoms with Gasteiger partial charge in [0.05, 0.1) is 11.4 Å². The van der Waals surface area contributed by atoms with Gasteiger partial charge in [-0.3, -0.25) is 4.79 Å². The quantitative estimate of drug-likeness (QED) is 0.628. The molecule has 1 amide bonds. The first-order valence-corrected chi connectivity index (χ1v) is 9.46. The van der Waals surface area contributed by atoms with Gasteiger partial charge in [-0.1, -0.05) is 11.6 Å². The third kappa shape index (κ3) is 2.97. The number of halogens is 3. The van der Waals surface area contributed by atoms with Crippen molar-refractivity contribution in [3.05, 3.63) is 50.5 Å². The molecular weight excluding hydrogens is 380 g/mol. The van der Waals surface area contributed by atoms with E-state index in [4.69, 9.17) is 23.8 Å². The van der Waals surface area contributed by atoms with Gasteiger partial charge < -0.3 is 14.5 Å². The Morgan fingerprint density at radius 2 is 2.04 bits per heavy atom. The minimum Gasteiger partial charge on any atom is -0.342 e. The number of hydrogen-bond acceptors (Lipinski definition) is 2. The van der Waals surface area contributed by atoms with E-state index in [1.807, 2.05) is 9.47 Å². The number of nitrogens with one attached hydrogen (secondary N) is 1. The summed E-state index contributed by atoms with van der Waals surface area (Å²) in [4.78, 5) is 17.4. The number of hydrogen-bond donors (Lipinski definition) is 1. The molecule has 2 aliphatic rings. The summed E-state index contributed by atoms with van der Waals surface area (Å²) in [6, 6.07) is 2.41. The Bertz CT molecular complexity index is 933. The Morgan fingerprint density at radius 3 is 2.77 bits per heavy atom. The monoisotopic (exact) mass is 397 g/mol. The molecule has 8 heteroatoms. The van der Waals surface area contributed by atoms with E-state index in [9.17, 15) is 13.6 Å². The normalized spacial score (nSPS) is 19.2. The van der Waals surface area contributed by atoms with Crippen LogP contribution in [0.2, 0.25) is 5.02 Å². The largest absolute Gasteiger partial charge is 0.342 e. The maximum Gasteiger partial charge on any atom is 0.228 e. The molecule has 1 atom stereocenters. The minimum atomic E-state index is -0.716. The summed E-state index contributed by atoms with van der Waals surface area (Å²) < 4.78 is 30.9. The molecule has 0 bridgehead atoms. The van der Waals surface area contributed by atoms with Crippen molar-refractivity contribution in [2.75, 3.05) is 13.1 Å². The second-order valence-corrected chi connectivity index (χ2v) is 7.68. The zero-order valence-electron chi connectivity index (χ0n) is 14.0. The van der Waals surface area contributed by atoms with Gasteiger partial charge in [0.15, 0.2) is 4.77 Å². The molecule has 26 heavy (non-hydrogen) atoms. The average Bonchev–Trinajstić information content (AvgIpc) is 3.31. The lowest BCUT2D eigenvalue weighted by molar-refractivity contribution is -0.129. The van der Waals surface area contributed by atoms with Gasteiger partial charge in [0.2, 0.25) is 5.91 Å². The van der Waals surface area contributed by atoms with Crippen molar-refractivity contribution in [1.82, 2.24) is 14.5 Å². The Morgan fingerprint density at radius 1 is 1.31 bits per heavy atom. The molecule has 0 aliphatic carbocycles. The van der Waals surface area contributed by atoms with E-state index < -0.39 is 11.6 Å². The summed E-state index contributed by atoms with van der Waals surface area (Å²) in [5.74, 6) is -1.65. The number of H-pyrrole nitrogens is 1. The van der Waals surface area contributed by atoms with E-state index in [1.165, 1.54) is 12.1 Å². The lowest BCUT2D eigenvalue weighted by Gasteiger charge is -2.15. The second kappa shape index (κ2) is 6.78. The van der Waals surface area contributed by atoms with Crippen molar-refractivity contribution in [1.29, 1.82) is 0 Å². The van der Waals surface area contributed by atoms with Crippen LogP contribution in [0.25, 0.3) is 0 Å². The first kappa shape index (κ1) is 17.7. The highest BCUT2D eigenvalue weighted by Crippen LogP contribution is 2.36. The predicted molar refractivity (Wildman–Crippen MR) is 96.9 cm³/mol. The van der Waals surface area contributed by atoms with Crippen molar-refractivity contribution in [3.63, 3.8) is 0 Å². The molecule has 1 aromatic heterocycles. The third-order valence-corrected chi connectivity index (χ3v) is 5.91. The number of rotatable bonds is 3. The van der Waals surface area contributed by atoms with Crippen LogP contribution in [0.15, 0.2) is 12.1 Å². The molecule has 1 saturated heterocycles. The molecule has 0 unspecified atom stereocenters. The van der Waals surface area contributed by atoms with Crippen molar-refractivity contribution in [2.45, 2.75) is 38.1 Å². The summed E-state index contributed by atoms with van der Waals surface area (Å²) in [6.07, 6.45) is 2.72. The maximum atomic E-state index is 14.4. The van der Waals surface area contributed by atoms with Crippen LogP contribution in [-0.4, -0.2) is 33.4 Å². The zero-order valence-corrected chi connectivity index (χ0v) is 15.6. The molecule has 2 aromatic rings. The van der Waals surface area contributed by atoms with Crippen LogP contribution >= 0.6 is 23.8 Å². The fraction of sp³-hybridized carbons (Fsp3) is 0.444. The molecule has 0 spiro atoms. The van der Waals surface area contributed by atoms with Gasteiger partial charge in [-0.05, 0) is 43.6 Å². The number of nitrogens with zero attached hydrogens (tertiary/aromatic N) is 2. The number of amides is 1. The highest BCUT2D eigenvalue weighted by molar-refractivity contribution is 7.71. The smallest absolute Gasteiger partial charge is 0.228 e. The Labute approximate surface area is 159 Å². The van der Waals surface area contributed by atoms with Gasteiger partial charge >= 0.3 is 0 Å². The molecule has 0 saturated carbocycles. The summed E-state index contributed by atoms with van der Waals surface area (Å²) in [7, 11) is 0. The van der Waals surface area contributed by atoms with Crippen molar-refractivity contribution < 1.29 is 13.6 Å². The molecule has 2 aliphatic heterocycles. The number of benzene rings is 1. The molecule has 1 aromatic carbocycles. The molecule has 1 N–H and O–H groups in total. The average molecular weight is 398 g/mol. The molecule has 138 valence electrons. The van der Waals surface area contributed by atoms with E-state index in [0.29, 0.717) is 17.7 Å². The fourth-order valence-corrected chi connectivity index (χ4v) is 4.46. The van der Waals surface area contributed by atoms with Gasteiger partial charge in [0, 0.05) is 42.5 Å². The van der Waals surface area contributed by atoms with Gasteiger partial charge in [-0.15, -0.1) is 0 Å². The standard InChI is InChI=1S/C18H18ClF2N3OS/c19-11-3-4-12(20)16(17(11)21)10-7-14-13(22-18(26)24(14)9-10)8-15(25)23-5-1-2-6-23/h3-4,10H,1-2,5-9H2,(H,22,26)/t10-/m1/s1. The first-order valence-electron chi connectivity index (χ1n) is 8.67. The van der Waals surface area contributed by atoms with E-state index in [0.717, 1.165) is 37.3 Å². The van der Waals surface area contributed by atoms with E-state index in [1.54, 1.807) is 0 Å².